The molecule has 0 bridgehead atoms. The first-order valence-electron chi connectivity index (χ1n) is 6.21. The first kappa shape index (κ1) is 12.9. The van der Waals surface area contributed by atoms with Gasteiger partial charge in [0, 0.05) is 6.61 Å². The lowest BCUT2D eigenvalue weighted by atomic mass is 9.83. The Kier molecular flexibility index (Phi) is 6.22. The third-order valence-electron chi connectivity index (χ3n) is 3.45. The third-order valence-corrected chi connectivity index (χ3v) is 3.45. The number of hydrogen-bond donors (Lipinski definition) is 3. The molecule has 90 valence electrons. The van der Waals surface area contributed by atoms with Crippen LogP contribution in [-0.2, 0) is 0 Å². The molecule has 0 aromatic rings. The minimum atomic E-state index is -0.451. The Bertz CT molecular complexity index is 155. The SMILES string of the molecule is OCCC(O)CCC(O)C1CCCCC1. The highest BCUT2D eigenvalue weighted by Crippen LogP contribution is 2.28. The second-order valence-corrected chi connectivity index (χ2v) is 4.71. The monoisotopic (exact) mass is 216 g/mol. The van der Waals surface area contributed by atoms with Gasteiger partial charge in [0.1, 0.15) is 0 Å². The van der Waals surface area contributed by atoms with Gasteiger partial charge in [-0.25, -0.2) is 0 Å². The van der Waals surface area contributed by atoms with Gasteiger partial charge in [0.15, 0.2) is 0 Å². The van der Waals surface area contributed by atoms with Gasteiger partial charge in [-0.2, -0.15) is 0 Å². The molecular formula is C12H24O3. The molecule has 3 heteroatoms. The molecule has 3 N–H and O–H groups in total. The van der Waals surface area contributed by atoms with Crippen molar-refractivity contribution in [1.82, 2.24) is 0 Å². The van der Waals surface area contributed by atoms with Gasteiger partial charge >= 0.3 is 0 Å². The first-order chi connectivity index (χ1) is 7.24. The van der Waals surface area contributed by atoms with Crippen molar-refractivity contribution < 1.29 is 15.3 Å². The second-order valence-electron chi connectivity index (χ2n) is 4.71. The molecule has 1 aliphatic rings. The third kappa shape index (κ3) is 4.96. The van der Waals surface area contributed by atoms with Crippen LogP contribution in [0.3, 0.4) is 0 Å². The van der Waals surface area contributed by atoms with Gasteiger partial charge in [0.2, 0.25) is 0 Å². The molecule has 0 aliphatic heterocycles. The van der Waals surface area contributed by atoms with E-state index in [0.29, 0.717) is 25.2 Å². The van der Waals surface area contributed by atoms with Gasteiger partial charge in [-0.05, 0) is 38.0 Å². The fourth-order valence-corrected chi connectivity index (χ4v) is 2.41. The van der Waals surface area contributed by atoms with Crippen LogP contribution in [0.4, 0.5) is 0 Å². The van der Waals surface area contributed by atoms with Crippen LogP contribution in [-0.4, -0.2) is 34.1 Å². The highest BCUT2D eigenvalue weighted by atomic mass is 16.3. The Hall–Kier alpha value is -0.120. The number of aliphatic hydroxyl groups excluding tert-OH is 3. The molecule has 0 heterocycles. The summed E-state index contributed by atoms with van der Waals surface area (Å²) < 4.78 is 0. The summed E-state index contributed by atoms with van der Waals surface area (Å²) in [4.78, 5) is 0. The van der Waals surface area contributed by atoms with Crippen LogP contribution >= 0.6 is 0 Å². The van der Waals surface area contributed by atoms with Crippen molar-refractivity contribution in [2.45, 2.75) is 63.6 Å². The molecule has 1 rings (SSSR count). The Morgan fingerprint density at radius 1 is 0.933 bits per heavy atom. The molecule has 1 aliphatic carbocycles. The van der Waals surface area contributed by atoms with E-state index in [4.69, 9.17) is 5.11 Å². The van der Waals surface area contributed by atoms with Crippen LogP contribution in [0.2, 0.25) is 0 Å². The van der Waals surface area contributed by atoms with Gasteiger partial charge in [0.25, 0.3) is 0 Å². The molecule has 3 nitrogen and oxygen atoms in total. The number of hydrogen-bond acceptors (Lipinski definition) is 3. The average Bonchev–Trinajstić information content (AvgIpc) is 2.27. The molecule has 0 saturated heterocycles. The van der Waals surface area contributed by atoms with E-state index in [-0.39, 0.29) is 12.7 Å². The lowest BCUT2D eigenvalue weighted by Crippen LogP contribution is -2.24. The van der Waals surface area contributed by atoms with E-state index >= 15 is 0 Å². The zero-order valence-corrected chi connectivity index (χ0v) is 9.44. The molecule has 0 radical (unpaired) electrons. The topological polar surface area (TPSA) is 60.7 Å². The van der Waals surface area contributed by atoms with Crippen molar-refractivity contribution in [3.63, 3.8) is 0 Å². The molecule has 2 atom stereocenters. The van der Waals surface area contributed by atoms with Crippen LogP contribution < -0.4 is 0 Å². The van der Waals surface area contributed by atoms with E-state index in [2.05, 4.69) is 0 Å². The molecule has 1 saturated carbocycles. The molecule has 0 aromatic heterocycles. The first-order valence-corrected chi connectivity index (χ1v) is 6.21. The quantitative estimate of drug-likeness (QED) is 0.630. The average molecular weight is 216 g/mol. The van der Waals surface area contributed by atoms with Crippen LogP contribution in [0.5, 0.6) is 0 Å². The van der Waals surface area contributed by atoms with E-state index in [9.17, 15) is 10.2 Å². The minimum absolute atomic E-state index is 0.0285. The Balaban J connectivity index is 2.13. The van der Waals surface area contributed by atoms with Crippen molar-refractivity contribution in [1.29, 1.82) is 0 Å². The van der Waals surface area contributed by atoms with Gasteiger partial charge in [0.05, 0.1) is 12.2 Å². The Morgan fingerprint density at radius 3 is 2.20 bits per heavy atom. The lowest BCUT2D eigenvalue weighted by Gasteiger charge is -2.27. The predicted molar refractivity (Wildman–Crippen MR) is 59.5 cm³/mol. The van der Waals surface area contributed by atoms with Crippen LogP contribution in [0.1, 0.15) is 51.4 Å². The van der Waals surface area contributed by atoms with Crippen LogP contribution in [0, 0.1) is 5.92 Å². The van der Waals surface area contributed by atoms with Gasteiger partial charge < -0.3 is 15.3 Å². The van der Waals surface area contributed by atoms with Gasteiger partial charge in [-0.1, -0.05) is 19.3 Å². The van der Waals surface area contributed by atoms with Gasteiger partial charge in [-0.3, -0.25) is 0 Å². The maximum Gasteiger partial charge on any atom is 0.0569 e. The zero-order valence-electron chi connectivity index (χ0n) is 9.44. The zero-order chi connectivity index (χ0) is 11.1. The molecule has 0 amide bonds. The van der Waals surface area contributed by atoms with E-state index in [1.807, 2.05) is 0 Å². The second kappa shape index (κ2) is 7.20. The normalized spacial score (nSPS) is 22.6. The van der Waals surface area contributed by atoms with Crippen LogP contribution in [0.25, 0.3) is 0 Å². The summed E-state index contributed by atoms with van der Waals surface area (Å²) in [7, 11) is 0. The molecule has 15 heavy (non-hydrogen) atoms. The summed E-state index contributed by atoms with van der Waals surface area (Å²) in [5, 5.41) is 28.0. The van der Waals surface area contributed by atoms with E-state index in [0.717, 1.165) is 12.8 Å². The molecular weight excluding hydrogens is 192 g/mol. The lowest BCUT2D eigenvalue weighted by molar-refractivity contribution is 0.0521. The van der Waals surface area contributed by atoms with Crippen molar-refractivity contribution in [2.75, 3.05) is 6.61 Å². The van der Waals surface area contributed by atoms with E-state index in [1.165, 1.54) is 19.3 Å². The van der Waals surface area contributed by atoms with Crippen molar-refractivity contribution >= 4 is 0 Å². The summed E-state index contributed by atoms with van der Waals surface area (Å²) in [6, 6.07) is 0. The standard InChI is InChI=1S/C12H24O3/c13-9-8-11(14)6-7-12(15)10-4-2-1-3-5-10/h10-15H,1-9H2. The molecule has 1 fully saturated rings. The Labute approximate surface area is 92.1 Å². The largest absolute Gasteiger partial charge is 0.396 e. The summed E-state index contributed by atoms with van der Waals surface area (Å²) in [5.74, 6) is 0.445. The fourth-order valence-electron chi connectivity index (χ4n) is 2.41. The maximum absolute atomic E-state index is 9.92. The molecule has 0 spiro atoms. The number of aliphatic hydroxyl groups is 3. The van der Waals surface area contributed by atoms with Gasteiger partial charge in [-0.15, -0.1) is 0 Å². The fraction of sp³-hybridized carbons (Fsp3) is 1.00. The summed E-state index contributed by atoms with van der Waals surface area (Å²) in [5.41, 5.74) is 0. The highest BCUT2D eigenvalue weighted by molar-refractivity contribution is 4.74. The van der Waals surface area contributed by atoms with E-state index < -0.39 is 6.10 Å². The van der Waals surface area contributed by atoms with Crippen molar-refractivity contribution in [3.8, 4) is 0 Å². The van der Waals surface area contributed by atoms with Crippen LogP contribution in [0.15, 0.2) is 0 Å². The predicted octanol–water partition coefficient (Wildman–Crippen LogP) is 1.45. The molecule has 0 aromatic carbocycles. The number of rotatable bonds is 6. The Morgan fingerprint density at radius 2 is 1.60 bits per heavy atom. The smallest absolute Gasteiger partial charge is 0.0569 e. The van der Waals surface area contributed by atoms with E-state index in [1.54, 1.807) is 0 Å². The van der Waals surface area contributed by atoms with Crippen molar-refractivity contribution in [2.24, 2.45) is 5.92 Å². The maximum atomic E-state index is 9.92. The minimum Gasteiger partial charge on any atom is -0.396 e. The molecule has 2 unspecified atom stereocenters. The summed E-state index contributed by atoms with van der Waals surface area (Å²) in [6.45, 7) is 0.0285. The highest BCUT2D eigenvalue weighted by Gasteiger charge is 2.21. The van der Waals surface area contributed by atoms with Crippen molar-refractivity contribution in [3.05, 3.63) is 0 Å². The summed E-state index contributed by atoms with van der Waals surface area (Å²) in [6.07, 6.45) is 7.06. The summed E-state index contributed by atoms with van der Waals surface area (Å²) >= 11 is 0.